The zero-order valence-corrected chi connectivity index (χ0v) is 8.33. The van der Waals surface area contributed by atoms with Crippen LogP contribution in [0.2, 0.25) is 0 Å². The highest BCUT2D eigenvalue weighted by Gasteiger charge is 2.49. The molecule has 12 heavy (non-hydrogen) atoms. The molecule has 2 heterocycles. The third-order valence-corrected chi connectivity index (χ3v) is 3.64. The molecule has 2 bridgehead atoms. The summed E-state index contributed by atoms with van der Waals surface area (Å²) in [4.78, 5) is 2.63. The minimum atomic E-state index is 0.452. The molecule has 2 aliphatic rings. The first-order chi connectivity index (χ1) is 5.61. The van der Waals surface area contributed by atoms with Crippen LogP contribution in [-0.4, -0.2) is 29.1 Å². The Labute approximate surface area is 75.1 Å². The molecule has 0 spiro atoms. The van der Waals surface area contributed by atoms with Crippen LogP contribution in [0.4, 0.5) is 0 Å². The lowest BCUT2D eigenvalue weighted by Gasteiger charge is -2.27. The monoisotopic (exact) mass is 168 g/mol. The fraction of sp³-hybridized carbons (Fsp3) is 1.00. The second kappa shape index (κ2) is 2.71. The number of fused-ring (bicyclic) bond motifs is 2. The molecule has 2 nitrogen and oxygen atoms in total. The molecule has 0 aromatic rings. The normalized spacial score (nSPS) is 47.8. The van der Waals surface area contributed by atoms with Gasteiger partial charge in [-0.15, -0.1) is 0 Å². The van der Waals surface area contributed by atoms with E-state index in [2.05, 4.69) is 25.7 Å². The summed E-state index contributed by atoms with van der Waals surface area (Å²) in [5.41, 5.74) is 6.07. The Hall–Kier alpha value is -0.0800. The van der Waals surface area contributed by atoms with Gasteiger partial charge in [0.2, 0.25) is 0 Å². The van der Waals surface area contributed by atoms with E-state index < -0.39 is 0 Å². The molecule has 70 valence electrons. The van der Waals surface area contributed by atoms with Crippen molar-refractivity contribution in [2.75, 3.05) is 0 Å². The van der Waals surface area contributed by atoms with Crippen LogP contribution in [0.5, 0.6) is 0 Å². The summed E-state index contributed by atoms with van der Waals surface area (Å²) in [5, 5.41) is 0. The molecule has 0 saturated carbocycles. The first kappa shape index (κ1) is 8.52. The Balaban J connectivity index is 2.17. The Bertz CT molecular complexity index is 163. The van der Waals surface area contributed by atoms with Gasteiger partial charge < -0.3 is 5.73 Å². The van der Waals surface area contributed by atoms with Crippen LogP contribution in [0.3, 0.4) is 0 Å². The zero-order chi connectivity index (χ0) is 8.88. The fourth-order valence-electron chi connectivity index (χ4n) is 3.15. The van der Waals surface area contributed by atoms with E-state index in [-0.39, 0.29) is 0 Å². The fourth-order valence-corrected chi connectivity index (χ4v) is 3.15. The summed E-state index contributed by atoms with van der Waals surface area (Å²) >= 11 is 0. The number of nitrogens with two attached hydrogens (primary N) is 1. The van der Waals surface area contributed by atoms with Crippen LogP contribution < -0.4 is 5.73 Å². The second-order valence-corrected chi connectivity index (χ2v) is 4.79. The molecule has 0 aromatic heterocycles. The van der Waals surface area contributed by atoms with E-state index in [0.717, 1.165) is 12.0 Å². The Morgan fingerprint density at radius 2 is 1.92 bits per heavy atom. The summed E-state index contributed by atoms with van der Waals surface area (Å²) in [7, 11) is 0. The molecule has 1 unspecified atom stereocenters. The lowest BCUT2D eigenvalue weighted by molar-refractivity contribution is 0.189. The van der Waals surface area contributed by atoms with Crippen LogP contribution in [0.1, 0.15) is 33.6 Å². The van der Waals surface area contributed by atoms with Gasteiger partial charge >= 0.3 is 0 Å². The maximum absolute atomic E-state index is 6.07. The summed E-state index contributed by atoms with van der Waals surface area (Å²) in [6.45, 7) is 6.94. The van der Waals surface area contributed by atoms with Crippen molar-refractivity contribution in [2.24, 2.45) is 11.7 Å². The molecule has 0 aliphatic carbocycles. The molecular weight excluding hydrogens is 148 g/mol. The quantitative estimate of drug-likeness (QED) is 0.637. The third kappa shape index (κ3) is 1.01. The van der Waals surface area contributed by atoms with Gasteiger partial charge in [0.25, 0.3) is 0 Å². The Kier molecular flexibility index (Phi) is 1.92. The van der Waals surface area contributed by atoms with Crippen molar-refractivity contribution < 1.29 is 0 Å². The Morgan fingerprint density at radius 3 is 2.25 bits per heavy atom. The van der Waals surface area contributed by atoms with Gasteiger partial charge in [-0.3, -0.25) is 4.90 Å². The summed E-state index contributed by atoms with van der Waals surface area (Å²) < 4.78 is 0. The smallest absolute Gasteiger partial charge is 0.0256 e. The topological polar surface area (TPSA) is 29.3 Å². The number of nitrogens with zero attached hydrogens (tertiary/aromatic N) is 1. The van der Waals surface area contributed by atoms with Gasteiger partial charge in [0.1, 0.15) is 0 Å². The van der Waals surface area contributed by atoms with Crippen molar-refractivity contribution in [3.05, 3.63) is 0 Å². The molecule has 2 N–H and O–H groups in total. The van der Waals surface area contributed by atoms with Crippen molar-refractivity contribution in [3.63, 3.8) is 0 Å². The van der Waals surface area contributed by atoms with E-state index in [1.165, 1.54) is 12.8 Å². The molecule has 0 radical (unpaired) electrons. The van der Waals surface area contributed by atoms with Gasteiger partial charge in [0.15, 0.2) is 0 Å². The van der Waals surface area contributed by atoms with E-state index in [1.807, 2.05) is 0 Å². The van der Waals surface area contributed by atoms with Crippen LogP contribution in [0.25, 0.3) is 0 Å². The number of hydrogen-bond donors (Lipinski definition) is 1. The van der Waals surface area contributed by atoms with Crippen molar-refractivity contribution in [1.82, 2.24) is 4.90 Å². The molecule has 2 aliphatic heterocycles. The first-order valence-electron chi connectivity index (χ1n) is 5.14. The predicted molar refractivity (Wildman–Crippen MR) is 50.9 cm³/mol. The standard InChI is InChI=1S/C10H20N2/c1-6(2)12-9-5-8(11)10(12)4-7(9)3/h6-10H,4-5,11H2,1-3H3/t7?,8-,9-,10-/m1/s1. The van der Waals surface area contributed by atoms with Crippen LogP contribution >= 0.6 is 0 Å². The molecular formula is C10H20N2. The third-order valence-electron chi connectivity index (χ3n) is 3.64. The van der Waals surface area contributed by atoms with Gasteiger partial charge in [-0.25, -0.2) is 0 Å². The number of hydrogen-bond acceptors (Lipinski definition) is 2. The van der Waals surface area contributed by atoms with Crippen molar-refractivity contribution in [1.29, 1.82) is 0 Å². The maximum atomic E-state index is 6.07. The first-order valence-corrected chi connectivity index (χ1v) is 5.14. The Morgan fingerprint density at radius 1 is 1.25 bits per heavy atom. The van der Waals surface area contributed by atoms with E-state index in [0.29, 0.717) is 18.1 Å². The molecule has 2 fully saturated rings. The lowest BCUT2D eigenvalue weighted by Crippen LogP contribution is -2.40. The minimum absolute atomic E-state index is 0.452. The minimum Gasteiger partial charge on any atom is -0.326 e. The predicted octanol–water partition coefficient (Wildman–Crippen LogP) is 1.20. The van der Waals surface area contributed by atoms with Crippen LogP contribution in [0, 0.1) is 5.92 Å². The van der Waals surface area contributed by atoms with Crippen LogP contribution in [-0.2, 0) is 0 Å². The van der Waals surface area contributed by atoms with E-state index in [4.69, 9.17) is 5.73 Å². The lowest BCUT2D eigenvalue weighted by atomic mass is 9.88. The number of rotatable bonds is 1. The highest BCUT2D eigenvalue weighted by molar-refractivity contribution is 5.06. The van der Waals surface area contributed by atoms with Crippen molar-refractivity contribution in [2.45, 2.75) is 57.8 Å². The van der Waals surface area contributed by atoms with Gasteiger partial charge in [-0.05, 0) is 32.6 Å². The molecule has 4 atom stereocenters. The van der Waals surface area contributed by atoms with Gasteiger partial charge in [0, 0.05) is 24.2 Å². The average molecular weight is 168 g/mol. The van der Waals surface area contributed by atoms with E-state index >= 15 is 0 Å². The maximum Gasteiger partial charge on any atom is 0.0256 e. The average Bonchev–Trinajstić information content (AvgIpc) is 2.41. The van der Waals surface area contributed by atoms with Gasteiger partial charge in [-0.1, -0.05) is 6.92 Å². The molecule has 0 amide bonds. The summed E-state index contributed by atoms with van der Waals surface area (Å²) in [5.74, 6) is 0.872. The largest absolute Gasteiger partial charge is 0.326 e. The zero-order valence-electron chi connectivity index (χ0n) is 8.33. The summed E-state index contributed by atoms with van der Waals surface area (Å²) in [6, 6.07) is 2.60. The summed E-state index contributed by atoms with van der Waals surface area (Å²) in [6.07, 6.45) is 2.55. The van der Waals surface area contributed by atoms with Crippen molar-refractivity contribution in [3.8, 4) is 0 Å². The molecule has 2 rings (SSSR count). The van der Waals surface area contributed by atoms with E-state index in [1.54, 1.807) is 0 Å². The highest BCUT2D eigenvalue weighted by Crippen LogP contribution is 2.41. The van der Waals surface area contributed by atoms with E-state index in [9.17, 15) is 0 Å². The second-order valence-electron chi connectivity index (χ2n) is 4.79. The molecule has 0 aromatic carbocycles. The van der Waals surface area contributed by atoms with Crippen LogP contribution in [0.15, 0.2) is 0 Å². The molecule has 2 saturated heterocycles. The highest BCUT2D eigenvalue weighted by atomic mass is 15.3. The van der Waals surface area contributed by atoms with Gasteiger partial charge in [0.05, 0.1) is 0 Å². The molecule has 2 heteroatoms. The van der Waals surface area contributed by atoms with Crippen molar-refractivity contribution >= 4 is 0 Å². The van der Waals surface area contributed by atoms with Gasteiger partial charge in [-0.2, -0.15) is 0 Å². The SMILES string of the molecule is CC1C[C@@H]2[C@H](N)C[C@H]1N2C(C)C.